The number of carbonyl (C=O) groups excluding carboxylic acids is 1. The molecule has 0 aliphatic rings. The molecular formula is C22H34O3. The van der Waals surface area contributed by atoms with Crippen molar-refractivity contribution in [3.63, 3.8) is 0 Å². The zero-order valence-electron chi connectivity index (χ0n) is 15.7. The van der Waals surface area contributed by atoms with Gasteiger partial charge in [0.2, 0.25) is 0 Å². The molecule has 140 valence electrons. The maximum Gasteiger partial charge on any atom is 0.342 e. The van der Waals surface area contributed by atoms with Crippen LogP contribution in [0.2, 0.25) is 0 Å². The van der Waals surface area contributed by atoms with E-state index in [9.17, 15) is 9.90 Å². The topological polar surface area (TPSA) is 46.5 Å². The Morgan fingerprint density at radius 2 is 1.40 bits per heavy atom. The van der Waals surface area contributed by atoms with Gasteiger partial charge in [-0.25, -0.2) is 4.79 Å². The molecule has 0 aromatic heterocycles. The first-order valence-electron chi connectivity index (χ1n) is 9.89. The van der Waals surface area contributed by atoms with Crippen molar-refractivity contribution in [3.8, 4) is 5.75 Å². The molecule has 0 aliphatic carbocycles. The second-order valence-corrected chi connectivity index (χ2v) is 6.65. The summed E-state index contributed by atoms with van der Waals surface area (Å²) >= 11 is 0. The van der Waals surface area contributed by atoms with Gasteiger partial charge in [-0.15, -0.1) is 0 Å². The van der Waals surface area contributed by atoms with E-state index in [1.807, 2.05) is 6.08 Å². The zero-order chi connectivity index (χ0) is 18.2. The molecule has 0 spiro atoms. The zero-order valence-corrected chi connectivity index (χ0v) is 15.7. The highest BCUT2D eigenvalue weighted by atomic mass is 16.5. The summed E-state index contributed by atoms with van der Waals surface area (Å²) in [5, 5.41) is 9.18. The minimum atomic E-state index is -0.393. The molecular weight excluding hydrogens is 312 g/mol. The highest BCUT2D eigenvalue weighted by Gasteiger charge is 2.04. The maximum atomic E-state index is 11.7. The third-order valence-electron chi connectivity index (χ3n) is 4.35. The van der Waals surface area contributed by atoms with Crippen LogP contribution in [0.25, 0.3) is 0 Å². The van der Waals surface area contributed by atoms with Gasteiger partial charge < -0.3 is 9.84 Å². The lowest BCUT2D eigenvalue weighted by Crippen LogP contribution is -1.99. The minimum Gasteiger partial charge on any atom is -0.508 e. The Labute approximate surface area is 153 Å². The summed E-state index contributed by atoms with van der Waals surface area (Å²) < 4.78 is 5.07. The summed E-state index contributed by atoms with van der Waals surface area (Å²) in [6.45, 7) is 2.26. The number of rotatable bonds is 14. The number of phenols is 1. The molecule has 0 amide bonds. The van der Waals surface area contributed by atoms with Crippen molar-refractivity contribution < 1.29 is 14.6 Å². The molecule has 0 unspecified atom stereocenters. The fourth-order valence-electron chi connectivity index (χ4n) is 2.77. The number of phenolic OH excluding ortho intramolecular Hbond substituents is 1. The van der Waals surface area contributed by atoms with Crippen molar-refractivity contribution >= 4 is 5.97 Å². The van der Waals surface area contributed by atoms with Crippen molar-refractivity contribution in [3.05, 3.63) is 42.2 Å². The lowest BCUT2D eigenvalue weighted by molar-refractivity contribution is 0.0662. The average Bonchev–Trinajstić information content (AvgIpc) is 2.62. The van der Waals surface area contributed by atoms with E-state index in [1.165, 1.54) is 82.6 Å². The Morgan fingerprint density at radius 3 is 1.96 bits per heavy atom. The van der Waals surface area contributed by atoms with E-state index < -0.39 is 5.97 Å². The van der Waals surface area contributed by atoms with E-state index in [2.05, 4.69) is 6.92 Å². The molecule has 1 aromatic carbocycles. The molecule has 0 fully saturated rings. The largest absolute Gasteiger partial charge is 0.508 e. The maximum absolute atomic E-state index is 11.7. The van der Waals surface area contributed by atoms with Crippen LogP contribution < -0.4 is 0 Å². The van der Waals surface area contributed by atoms with Crippen LogP contribution in [0.1, 0.15) is 94.3 Å². The van der Waals surface area contributed by atoms with E-state index in [0.717, 1.165) is 12.8 Å². The number of esters is 1. The molecule has 0 aliphatic heterocycles. The highest BCUT2D eigenvalue weighted by Crippen LogP contribution is 2.13. The second-order valence-electron chi connectivity index (χ2n) is 6.65. The molecule has 0 radical (unpaired) electrons. The van der Waals surface area contributed by atoms with Gasteiger partial charge in [0.1, 0.15) is 5.75 Å². The van der Waals surface area contributed by atoms with Crippen LogP contribution in [0.4, 0.5) is 0 Å². The Morgan fingerprint density at radius 1 is 0.880 bits per heavy atom. The first-order valence-corrected chi connectivity index (χ1v) is 9.89. The van der Waals surface area contributed by atoms with Gasteiger partial charge in [0.05, 0.1) is 11.8 Å². The van der Waals surface area contributed by atoms with Crippen LogP contribution in [0.3, 0.4) is 0 Å². The Bertz CT molecular complexity index is 477. The van der Waals surface area contributed by atoms with E-state index >= 15 is 0 Å². The summed E-state index contributed by atoms with van der Waals surface area (Å²) in [7, 11) is 0. The van der Waals surface area contributed by atoms with Gasteiger partial charge in [0.15, 0.2) is 0 Å². The molecule has 25 heavy (non-hydrogen) atoms. The molecule has 1 aromatic rings. The van der Waals surface area contributed by atoms with Crippen molar-refractivity contribution in [2.75, 3.05) is 0 Å². The van der Waals surface area contributed by atoms with Crippen LogP contribution in [0.5, 0.6) is 5.75 Å². The van der Waals surface area contributed by atoms with Crippen molar-refractivity contribution in [1.82, 2.24) is 0 Å². The third kappa shape index (κ3) is 11.4. The summed E-state index contributed by atoms with van der Waals surface area (Å²) in [5.41, 5.74) is 0.442. The van der Waals surface area contributed by atoms with Gasteiger partial charge in [-0.3, -0.25) is 0 Å². The summed E-state index contributed by atoms with van der Waals surface area (Å²) in [6, 6.07) is 6.06. The van der Waals surface area contributed by atoms with E-state index in [1.54, 1.807) is 12.1 Å². The number of aromatic hydroxyl groups is 1. The van der Waals surface area contributed by atoms with Crippen LogP contribution in [0, 0.1) is 0 Å². The first-order chi connectivity index (χ1) is 12.2. The van der Waals surface area contributed by atoms with E-state index in [-0.39, 0.29) is 5.75 Å². The van der Waals surface area contributed by atoms with Crippen LogP contribution in [0.15, 0.2) is 36.6 Å². The molecule has 0 heterocycles. The lowest BCUT2D eigenvalue weighted by Gasteiger charge is -2.02. The van der Waals surface area contributed by atoms with Gasteiger partial charge >= 0.3 is 5.97 Å². The van der Waals surface area contributed by atoms with Gasteiger partial charge in [-0.2, -0.15) is 0 Å². The van der Waals surface area contributed by atoms with Gasteiger partial charge in [-0.05, 0) is 43.2 Å². The molecule has 0 saturated carbocycles. The number of carbonyl (C=O) groups is 1. The summed E-state index contributed by atoms with van der Waals surface area (Å²) in [4.78, 5) is 11.7. The number of unbranched alkanes of at least 4 members (excludes halogenated alkanes) is 11. The van der Waals surface area contributed by atoms with Crippen LogP contribution in [-0.2, 0) is 4.74 Å². The molecule has 1 N–H and O–H groups in total. The Hall–Kier alpha value is -1.77. The lowest BCUT2D eigenvalue weighted by atomic mass is 10.1. The number of hydrogen-bond acceptors (Lipinski definition) is 3. The van der Waals surface area contributed by atoms with Crippen molar-refractivity contribution in [2.45, 2.75) is 84.0 Å². The predicted molar refractivity (Wildman–Crippen MR) is 104 cm³/mol. The standard InChI is InChI=1S/C22H34O3/c1-2-3-4-5-6-7-8-9-10-11-12-13-14-19-25-22(24)20-15-17-21(23)18-16-20/h14-19,23H,2-13H2,1H3/b19-14+. The normalized spacial score (nSPS) is 11.1. The molecule has 3 heteroatoms. The number of hydrogen-bond donors (Lipinski definition) is 1. The molecule has 1 rings (SSSR count). The third-order valence-corrected chi connectivity index (χ3v) is 4.35. The Balaban J connectivity index is 1.91. The number of ether oxygens (including phenoxy) is 1. The minimum absolute atomic E-state index is 0.142. The Kier molecular flexibility index (Phi) is 12.4. The summed E-state index contributed by atoms with van der Waals surface area (Å²) in [5.74, 6) is -0.251. The van der Waals surface area contributed by atoms with Gasteiger partial charge in [-0.1, -0.05) is 71.1 Å². The van der Waals surface area contributed by atoms with Gasteiger partial charge in [0.25, 0.3) is 0 Å². The predicted octanol–water partition coefficient (Wildman–Crippen LogP) is 6.76. The quantitative estimate of drug-likeness (QED) is 0.230. The van der Waals surface area contributed by atoms with Gasteiger partial charge in [0, 0.05) is 0 Å². The molecule has 0 saturated heterocycles. The van der Waals surface area contributed by atoms with E-state index in [0.29, 0.717) is 5.56 Å². The smallest absolute Gasteiger partial charge is 0.342 e. The highest BCUT2D eigenvalue weighted by molar-refractivity contribution is 5.89. The number of allylic oxidation sites excluding steroid dienone is 1. The van der Waals surface area contributed by atoms with E-state index in [4.69, 9.17) is 4.74 Å². The second kappa shape index (κ2) is 14.6. The van der Waals surface area contributed by atoms with Crippen molar-refractivity contribution in [2.24, 2.45) is 0 Å². The van der Waals surface area contributed by atoms with Crippen LogP contribution >= 0.6 is 0 Å². The molecule has 0 atom stereocenters. The van der Waals surface area contributed by atoms with Crippen LogP contribution in [-0.4, -0.2) is 11.1 Å². The fourth-order valence-corrected chi connectivity index (χ4v) is 2.77. The number of benzene rings is 1. The first kappa shape index (κ1) is 21.3. The summed E-state index contributed by atoms with van der Waals surface area (Å²) in [6.07, 6.45) is 19.0. The SMILES string of the molecule is CCCCCCCCCCCCC/C=C/OC(=O)c1ccc(O)cc1. The molecule has 0 bridgehead atoms. The fraction of sp³-hybridized carbons (Fsp3) is 0.591. The molecule has 3 nitrogen and oxygen atoms in total. The van der Waals surface area contributed by atoms with Crippen molar-refractivity contribution in [1.29, 1.82) is 0 Å². The monoisotopic (exact) mass is 346 g/mol. The average molecular weight is 347 g/mol.